The van der Waals surface area contributed by atoms with Crippen molar-refractivity contribution in [3.8, 4) is 5.75 Å². The third-order valence-electron chi connectivity index (χ3n) is 6.51. The van der Waals surface area contributed by atoms with Crippen molar-refractivity contribution in [2.75, 3.05) is 0 Å². The van der Waals surface area contributed by atoms with Crippen LogP contribution in [0, 0.1) is 5.82 Å². The molecule has 1 aliphatic carbocycles. The highest BCUT2D eigenvalue weighted by atomic mass is 35.5. The van der Waals surface area contributed by atoms with E-state index in [-0.39, 0.29) is 28.9 Å². The quantitative estimate of drug-likeness (QED) is 0.578. The molecular weight excluding hydrogens is 403 g/mol. The predicted octanol–water partition coefficient (Wildman–Crippen LogP) is 5.32. The first-order chi connectivity index (χ1) is 14.4. The van der Waals surface area contributed by atoms with Crippen LogP contribution in [-0.2, 0) is 5.41 Å². The molecule has 3 N–H and O–H groups in total. The van der Waals surface area contributed by atoms with Crippen molar-refractivity contribution >= 4 is 22.4 Å². The fourth-order valence-electron chi connectivity index (χ4n) is 4.73. The third-order valence-corrected chi connectivity index (χ3v) is 6.81. The van der Waals surface area contributed by atoms with Gasteiger partial charge in [-0.05, 0) is 73.4 Å². The van der Waals surface area contributed by atoms with Crippen LogP contribution < -0.4 is 16.0 Å². The first kappa shape index (κ1) is 20.9. The highest BCUT2D eigenvalue weighted by molar-refractivity contribution is 6.32. The molecule has 1 fully saturated rings. The van der Waals surface area contributed by atoms with Gasteiger partial charge in [-0.2, -0.15) is 0 Å². The van der Waals surface area contributed by atoms with Crippen LogP contribution in [0.3, 0.4) is 0 Å². The van der Waals surface area contributed by atoms with E-state index in [2.05, 4.69) is 11.9 Å². The van der Waals surface area contributed by atoms with Gasteiger partial charge >= 0.3 is 0 Å². The molecule has 4 nitrogen and oxygen atoms in total. The maximum absolute atomic E-state index is 13.5. The topological polar surface area (TPSA) is 68.1 Å². The van der Waals surface area contributed by atoms with Crippen molar-refractivity contribution in [1.82, 2.24) is 4.98 Å². The first-order valence-corrected chi connectivity index (χ1v) is 10.8. The number of ether oxygens (including phenoxy) is 1. The van der Waals surface area contributed by atoms with Crippen LogP contribution >= 0.6 is 11.6 Å². The Morgan fingerprint density at radius 1 is 1.23 bits per heavy atom. The van der Waals surface area contributed by atoms with Gasteiger partial charge in [-0.25, -0.2) is 4.39 Å². The number of pyridine rings is 1. The maximum atomic E-state index is 13.5. The summed E-state index contributed by atoms with van der Waals surface area (Å²) < 4.78 is 19.7. The number of halogens is 2. The molecule has 0 bridgehead atoms. The Morgan fingerprint density at radius 3 is 2.60 bits per heavy atom. The van der Waals surface area contributed by atoms with Gasteiger partial charge in [0.25, 0.3) is 5.56 Å². The standard InChI is InChI=1S/C24H26ClFN2O2/c1-2-22(27)24(16-3-5-17(26)6-4-16)10-7-18(8-11-24)30-21-13-15-9-12-28-23(29)19(15)14-20(21)25/h3-6,9,12-14,18,22H,2,7-8,10-11,27H2,1H3,(H,28,29)/t18?,22-,24?/m1/s1. The molecule has 0 amide bonds. The molecule has 1 aromatic heterocycles. The zero-order valence-corrected chi connectivity index (χ0v) is 17.7. The SMILES string of the molecule is CC[C@@H](N)C1(c2ccc(F)cc2)CCC(Oc2cc3cc[nH]c(=O)c3cc2Cl)CC1. The summed E-state index contributed by atoms with van der Waals surface area (Å²) in [5.41, 5.74) is 7.31. The Hall–Kier alpha value is -2.37. The minimum absolute atomic E-state index is 0.0000988. The summed E-state index contributed by atoms with van der Waals surface area (Å²) in [7, 11) is 0. The number of fused-ring (bicyclic) bond motifs is 1. The lowest BCUT2D eigenvalue weighted by molar-refractivity contribution is 0.104. The minimum Gasteiger partial charge on any atom is -0.489 e. The second-order valence-corrected chi connectivity index (χ2v) is 8.58. The molecule has 0 aliphatic heterocycles. The van der Waals surface area contributed by atoms with Crippen molar-refractivity contribution in [2.24, 2.45) is 5.73 Å². The van der Waals surface area contributed by atoms with E-state index in [1.54, 1.807) is 12.3 Å². The molecule has 2 aromatic carbocycles. The average Bonchev–Trinajstić information content (AvgIpc) is 2.76. The summed E-state index contributed by atoms with van der Waals surface area (Å²) in [6.45, 7) is 2.09. The second-order valence-electron chi connectivity index (χ2n) is 8.17. The Morgan fingerprint density at radius 2 is 1.93 bits per heavy atom. The minimum atomic E-state index is -0.235. The molecular formula is C24H26ClFN2O2. The molecule has 158 valence electrons. The van der Waals surface area contributed by atoms with Crippen LogP contribution in [0.5, 0.6) is 5.75 Å². The Kier molecular flexibility index (Phi) is 5.85. The highest BCUT2D eigenvalue weighted by Crippen LogP contribution is 2.44. The number of aromatic amines is 1. The molecule has 0 spiro atoms. The molecule has 30 heavy (non-hydrogen) atoms. The average molecular weight is 429 g/mol. The number of rotatable bonds is 5. The van der Waals surface area contributed by atoms with Gasteiger partial charge in [-0.1, -0.05) is 30.7 Å². The molecule has 0 radical (unpaired) electrons. The summed E-state index contributed by atoms with van der Waals surface area (Å²) in [5.74, 6) is 0.356. The van der Waals surface area contributed by atoms with E-state index in [1.165, 1.54) is 12.1 Å². The smallest absolute Gasteiger partial charge is 0.255 e. The Labute approximate surface area is 180 Å². The van der Waals surface area contributed by atoms with E-state index in [0.29, 0.717) is 16.2 Å². The van der Waals surface area contributed by atoms with E-state index in [1.807, 2.05) is 24.3 Å². The second kappa shape index (κ2) is 8.40. The van der Waals surface area contributed by atoms with Crippen LogP contribution in [-0.4, -0.2) is 17.1 Å². The molecule has 1 atom stereocenters. The van der Waals surface area contributed by atoms with Gasteiger partial charge in [0.15, 0.2) is 0 Å². The van der Waals surface area contributed by atoms with Gasteiger partial charge in [0.2, 0.25) is 0 Å². The number of H-pyrrole nitrogens is 1. The number of hydrogen-bond donors (Lipinski definition) is 2. The highest BCUT2D eigenvalue weighted by Gasteiger charge is 2.41. The van der Waals surface area contributed by atoms with E-state index < -0.39 is 0 Å². The largest absolute Gasteiger partial charge is 0.489 e. The van der Waals surface area contributed by atoms with E-state index in [0.717, 1.165) is 43.1 Å². The van der Waals surface area contributed by atoms with Gasteiger partial charge in [0.1, 0.15) is 11.6 Å². The van der Waals surface area contributed by atoms with Crippen LogP contribution in [0.4, 0.5) is 4.39 Å². The van der Waals surface area contributed by atoms with E-state index in [9.17, 15) is 9.18 Å². The summed E-state index contributed by atoms with van der Waals surface area (Å²) in [4.78, 5) is 14.6. The molecule has 1 saturated carbocycles. The lowest BCUT2D eigenvalue weighted by Gasteiger charge is -2.44. The molecule has 1 aliphatic rings. The van der Waals surface area contributed by atoms with Crippen molar-refractivity contribution < 1.29 is 9.13 Å². The first-order valence-electron chi connectivity index (χ1n) is 10.4. The Bertz CT molecular complexity index is 1090. The number of aromatic nitrogens is 1. The molecule has 1 heterocycles. The number of hydrogen-bond acceptors (Lipinski definition) is 3. The van der Waals surface area contributed by atoms with Gasteiger partial charge in [-0.3, -0.25) is 4.79 Å². The van der Waals surface area contributed by atoms with Crippen LogP contribution in [0.25, 0.3) is 10.8 Å². The van der Waals surface area contributed by atoms with E-state index in [4.69, 9.17) is 22.1 Å². The van der Waals surface area contributed by atoms with Crippen molar-refractivity contribution in [3.05, 3.63) is 75.4 Å². The molecule has 0 unspecified atom stereocenters. The van der Waals surface area contributed by atoms with Gasteiger partial charge in [-0.15, -0.1) is 0 Å². The monoisotopic (exact) mass is 428 g/mol. The zero-order chi connectivity index (χ0) is 21.3. The van der Waals surface area contributed by atoms with Crippen LogP contribution in [0.2, 0.25) is 5.02 Å². The molecule has 4 rings (SSSR count). The predicted molar refractivity (Wildman–Crippen MR) is 119 cm³/mol. The summed E-state index contributed by atoms with van der Waals surface area (Å²) >= 11 is 6.40. The zero-order valence-electron chi connectivity index (χ0n) is 17.0. The number of nitrogens with two attached hydrogens (primary N) is 1. The fourth-order valence-corrected chi connectivity index (χ4v) is 4.94. The summed E-state index contributed by atoms with van der Waals surface area (Å²) in [6, 6.07) is 12.1. The van der Waals surface area contributed by atoms with Crippen LogP contribution in [0.1, 0.15) is 44.6 Å². The maximum Gasteiger partial charge on any atom is 0.255 e. The number of benzene rings is 2. The van der Waals surface area contributed by atoms with Crippen molar-refractivity contribution in [2.45, 2.75) is 56.6 Å². The van der Waals surface area contributed by atoms with Gasteiger partial charge < -0.3 is 15.5 Å². The lowest BCUT2D eigenvalue weighted by atomic mass is 9.64. The molecule has 0 saturated heterocycles. The van der Waals surface area contributed by atoms with E-state index >= 15 is 0 Å². The molecule has 6 heteroatoms. The van der Waals surface area contributed by atoms with Crippen molar-refractivity contribution in [3.63, 3.8) is 0 Å². The molecule has 3 aromatic rings. The normalized spacial score (nSPS) is 22.7. The van der Waals surface area contributed by atoms with Crippen LogP contribution in [0.15, 0.2) is 53.5 Å². The van der Waals surface area contributed by atoms with Gasteiger partial charge in [0, 0.05) is 23.0 Å². The summed E-state index contributed by atoms with van der Waals surface area (Å²) in [5, 5.41) is 1.77. The van der Waals surface area contributed by atoms with Gasteiger partial charge in [0.05, 0.1) is 11.1 Å². The summed E-state index contributed by atoms with van der Waals surface area (Å²) in [6.07, 6.45) is 5.87. The fraction of sp³-hybridized carbons (Fsp3) is 0.375. The third kappa shape index (κ3) is 3.84. The number of nitrogens with one attached hydrogen (secondary N) is 1. The Balaban J connectivity index is 1.55. The lowest BCUT2D eigenvalue weighted by Crippen LogP contribution is -2.48. The van der Waals surface area contributed by atoms with Crippen molar-refractivity contribution in [1.29, 1.82) is 0 Å².